The van der Waals surface area contributed by atoms with Crippen molar-refractivity contribution in [2.75, 3.05) is 20.2 Å². The minimum atomic E-state index is -0.419. The molecule has 4 nitrogen and oxygen atoms in total. The number of amides is 1. The first-order valence-electron chi connectivity index (χ1n) is 7.84. The molecular weight excluding hydrogens is 264 g/mol. The van der Waals surface area contributed by atoms with Crippen LogP contribution < -0.4 is 10.5 Å². The summed E-state index contributed by atoms with van der Waals surface area (Å²) in [6, 6.07) is 4.45. The fraction of sp³-hybridized carbons (Fsp3) is 0.588. The average Bonchev–Trinajstić information content (AvgIpc) is 2.88. The normalized spacial score (nSPS) is 17.0. The van der Waals surface area contributed by atoms with E-state index >= 15 is 0 Å². The summed E-state index contributed by atoms with van der Waals surface area (Å²) in [5, 5.41) is 0. The van der Waals surface area contributed by atoms with Crippen molar-refractivity contribution in [3.8, 4) is 5.75 Å². The summed E-state index contributed by atoms with van der Waals surface area (Å²) in [5.41, 5.74) is 8.47. The summed E-state index contributed by atoms with van der Waals surface area (Å²) in [5.74, 6) is 0.177. The van der Waals surface area contributed by atoms with E-state index in [2.05, 4.69) is 18.7 Å². The highest BCUT2D eigenvalue weighted by molar-refractivity contribution is 5.96. The molecule has 0 saturated carbocycles. The highest BCUT2D eigenvalue weighted by Crippen LogP contribution is 2.32. The van der Waals surface area contributed by atoms with E-state index in [0.29, 0.717) is 17.4 Å². The Balaban J connectivity index is 2.23. The maximum Gasteiger partial charge on any atom is 0.252 e. The summed E-state index contributed by atoms with van der Waals surface area (Å²) in [6.45, 7) is 6.70. The number of benzene rings is 1. The standard InChI is InChI=1S/C17H26N2O2/c1-4-6-19(7-5-2)14-8-12-10-15(17(18)20)16(21-3)11-13(12)9-14/h10-11,14H,4-9H2,1-3H3,(H2,18,20). The molecule has 0 radical (unpaired) electrons. The topological polar surface area (TPSA) is 55.6 Å². The molecule has 1 amide bonds. The third-order valence-electron chi connectivity index (χ3n) is 4.24. The van der Waals surface area contributed by atoms with Gasteiger partial charge < -0.3 is 10.5 Å². The Morgan fingerprint density at radius 1 is 1.24 bits per heavy atom. The molecule has 0 heterocycles. The number of methoxy groups -OCH3 is 1. The second-order valence-corrected chi connectivity index (χ2v) is 5.78. The van der Waals surface area contributed by atoms with Crippen LogP contribution in [0.4, 0.5) is 0 Å². The molecule has 1 aliphatic rings. The molecule has 0 aliphatic heterocycles. The molecule has 2 rings (SSSR count). The Hall–Kier alpha value is -1.55. The zero-order valence-corrected chi connectivity index (χ0v) is 13.3. The summed E-state index contributed by atoms with van der Waals surface area (Å²) < 4.78 is 5.31. The number of nitrogens with zero attached hydrogens (tertiary/aromatic N) is 1. The van der Waals surface area contributed by atoms with Gasteiger partial charge in [0.2, 0.25) is 0 Å². The van der Waals surface area contributed by atoms with Crippen molar-refractivity contribution in [2.45, 2.75) is 45.6 Å². The van der Waals surface area contributed by atoms with E-state index in [9.17, 15) is 4.79 Å². The van der Waals surface area contributed by atoms with Gasteiger partial charge in [0.15, 0.2) is 0 Å². The van der Waals surface area contributed by atoms with Gasteiger partial charge in [0.05, 0.1) is 12.7 Å². The molecule has 0 bridgehead atoms. The van der Waals surface area contributed by atoms with Gasteiger partial charge in [-0.1, -0.05) is 13.8 Å². The molecule has 1 aromatic rings. The molecule has 1 aliphatic carbocycles. The maximum absolute atomic E-state index is 11.5. The van der Waals surface area contributed by atoms with Gasteiger partial charge in [-0.15, -0.1) is 0 Å². The van der Waals surface area contributed by atoms with Crippen LogP contribution in [-0.2, 0) is 12.8 Å². The molecule has 2 N–H and O–H groups in total. The Morgan fingerprint density at radius 2 is 1.81 bits per heavy atom. The van der Waals surface area contributed by atoms with Crippen LogP contribution in [0.2, 0.25) is 0 Å². The summed E-state index contributed by atoms with van der Waals surface area (Å²) >= 11 is 0. The van der Waals surface area contributed by atoms with Crippen LogP contribution in [0.25, 0.3) is 0 Å². The predicted molar refractivity (Wildman–Crippen MR) is 84.9 cm³/mol. The molecule has 0 spiro atoms. The minimum Gasteiger partial charge on any atom is -0.496 e. The van der Waals surface area contributed by atoms with Crippen LogP contribution in [0, 0.1) is 0 Å². The number of ether oxygens (including phenoxy) is 1. The summed E-state index contributed by atoms with van der Waals surface area (Å²) in [7, 11) is 1.58. The van der Waals surface area contributed by atoms with E-state index in [1.807, 2.05) is 12.1 Å². The van der Waals surface area contributed by atoms with Crippen molar-refractivity contribution in [1.82, 2.24) is 4.90 Å². The second kappa shape index (κ2) is 6.94. The van der Waals surface area contributed by atoms with Crippen molar-refractivity contribution < 1.29 is 9.53 Å². The Kier molecular flexibility index (Phi) is 5.23. The maximum atomic E-state index is 11.5. The second-order valence-electron chi connectivity index (χ2n) is 5.78. The molecule has 4 heteroatoms. The number of nitrogens with two attached hydrogens (primary N) is 1. The molecule has 1 aromatic carbocycles. The third kappa shape index (κ3) is 3.38. The van der Waals surface area contributed by atoms with Crippen molar-refractivity contribution in [3.63, 3.8) is 0 Å². The molecule has 116 valence electrons. The van der Waals surface area contributed by atoms with Gasteiger partial charge in [-0.05, 0) is 62.0 Å². The number of carbonyl (C=O) groups is 1. The van der Waals surface area contributed by atoms with Crippen molar-refractivity contribution >= 4 is 5.91 Å². The summed E-state index contributed by atoms with van der Waals surface area (Å²) in [6.07, 6.45) is 4.37. The third-order valence-corrected chi connectivity index (χ3v) is 4.24. The van der Waals surface area contributed by atoms with Crippen LogP contribution >= 0.6 is 0 Å². The van der Waals surface area contributed by atoms with Crippen LogP contribution in [-0.4, -0.2) is 37.0 Å². The first kappa shape index (κ1) is 15.8. The lowest BCUT2D eigenvalue weighted by Crippen LogP contribution is -2.37. The lowest BCUT2D eigenvalue weighted by molar-refractivity contribution is 0.0997. The molecule has 0 saturated heterocycles. The van der Waals surface area contributed by atoms with Gasteiger partial charge in [0.25, 0.3) is 5.91 Å². The zero-order chi connectivity index (χ0) is 15.4. The highest BCUT2D eigenvalue weighted by atomic mass is 16.5. The number of carbonyl (C=O) groups excluding carboxylic acids is 1. The molecule has 1 atom stereocenters. The average molecular weight is 290 g/mol. The van der Waals surface area contributed by atoms with Gasteiger partial charge in [0, 0.05) is 6.04 Å². The van der Waals surface area contributed by atoms with Gasteiger partial charge in [-0.3, -0.25) is 9.69 Å². The molecular formula is C17H26N2O2. The Labute approximate surface area is 127 Å². The fourth-order valence-corrected chi connectivity index (χ4v) is 3.30. The highest BCUT2D eigenvalue weighted by Gasteiger charge is 2.28. The predicted octanol–water partition coefficient (Wildman–Crippen LogP) is 2.38. The van der Waals surface area contributed by atoms with Crippen LogP contribution in [0.3, 0.4) is 0 Å². The first-order valence-corrected chi connectivity index (χ1v) is 7.84. The van der Waals surface area contributed by atoms with E-state index in [0.717, 1.165) is 25.9 Å². The molecule has 0 fully saturated rings. The molecule has 1 unspecified atom stereocenters. The van der Waals surface area contributed by atoms with Crippen molar-refractivity contribution in [3.05, 3.63) is 28.8 Å². The van der Waals surface area contributed by atoms with E-state index in [-0.39, 0.29) is 0 Å². The largest absolute Gasteiger partial charge is 0.496 e. The number of primary amides is 1. The van der Waals surface area contributed by atoms with Gasteiger partial charge in [-0.25, -0.2) is 0 Å². The quantitative estimate of drug-likeness (QED) is 0.839. The van der Waals surface area contributed by atoms with Crippen LogP contribution in [0.1, 0.15) is 48.2 Å². The Morgan fingerprint density at radius 3 is 2.29 bits per heavy atom. The van der Waals surface area contributed by atoms with E-state index in [1.54, 1.807) is 7.11 Å². The molecule has 21 heavy (non-hydrogen) atoms. The zero-order valence-electron chi connectivity index (χ0n) is 13.3. The van der Waals surface area contributed by atoms with Crippen LogP contribution in [0.15, 0.2) is 12.1 Å². The minimum absolute atomic E-state index is 0.419. The fourth-order valence-electron chi connectivity index (χ4n) is 3.30. The summed E-state index contributed by atoms with van der Waals surface area (Å²) in [4.78, 5) is 14.1. The lowest BCUT2D eigenvalue weighted by atomic mass is 10.0. The smallest absolute Gasteiger partial charge is 0.252 e. The number of hydrogen-bond donors (Lipinski definition) is 1. The van der Waals surface area contributed by atoms with E-state index in [1.165, 1.54) is 24.0 Å². The monoisotopic (exact) mass is 290 g/mol. The van der Waals surface area contributed by atoms with Gasteiger partial charge in [0.1, 0.15) is 5.75 Å². The van der Waals surface area contributed by atoms with Crippen molar-refractivity contribution in [2.24, 2.45) is 5.73 Å². The van der Waals surface area contributed by atoms with Gasteiger partial charge in [-0.2, -0.15) is 0 Å². The van der Waals surface area contributed by atoms with E-state index < -0.39 is 5.91 Å². The Bertz CT molecular complexity index is 508. The molecule has 0 aromatic heterocycles. The number of hydrogen-bond acceptors (Lipinski definition) is 3. The number of rotatable bonds is 7. The van der Waals surface area contributed by atoms with Crippen LogP contribution in [0.5, 0.6) is 5.75 Å². The first-order chi connectivity index (χ1) is 10.1. The van der Waals surface area contributed by atoms with Crippen molar-refractivity contribution in [1.29, 1.82) is 0 Å². The number of fused-ring (bicyclic) bond motifs is 1. The van der Waals surface area contributed by atoms with Gasteiger partial charge >= 0.3 is 0 Å². The SMILES string of the molecule is CCCN(CCC)C1Cc2cc(OC)c(C(N)=O)cc2C1. The lowest BCUT2D eigenvalue weighted by Gasteiger charge is -2.27. The van der Waals surface area contributed by atoms with E-state index in [4.69, 9.17) is 10.5 Å².